The van der Waals surface area contributed by atoms with E-state index in [4.69, 9.17) is 9.88 Å². The summed E-state index contributed by atoms with van der Waals surface area (Å²) in [5.41, 5.74) is 0.434. The molecule has 2 aromatic carbocycles. The Bertz CT molecular complexity index is 1180. The van der Waals surface area contributed by atoms with Gasteiger partial charge in [-0.3, -0.25) is 0 Å². The van der Waals surface area contributed by atoms with E-state index in [0.717, 1.165) is 18.2 Å². The monoisotopic (exact) mass is 471 g/mol. The van der Waals surface area contributed by atoms with E-state index in [1.54, 1.807) is 4.90 Å². The predicted molar refractivity (Wildman–Crippen MR) is 111 cm³/mol. The van der Waals surface area contributed by atoms with Crippen molar-refractivity contribution in [3.63, 3.8) is 0 Å². The van der Waals surface area contributed by atoms with Gasteiger partial charge in [-0.2, -0.15) is 4.31 Å². The summed E-state index contributed by atoms with van der Waals surface area (Å²) in [5, 5.41) is 5.16. The average Bonchev–Trinajstić information content (AvgIpc) is 2.99. The molecular weight excluding hydrogens is 449 g/mol. The molecule has 1 saturated heterocycles. The molecule has 0 aromatic heterocycles. The van der Waals surface area contributed by atoms with Crippen LogP contribution >= 0.6 is 0 Å². The molecule has 0 saturated carbocycles. The summed E-state index contributed by atoms with van der Waals surface area (Å²) in [5.74, 6) is -1.26. The minimum absolute atomic E-state index is 0.00453. The number of carbonyl (C=O) groups excluding carboxylic acids is 1. The third-order valence-electron chi connectivity index (χ3n) is 4.95. The van der Waals surface area contributed by atoms with Crippen LogP contribution in [0.3, 0.4) is 0 Å². The molecule has 3 rings (SSSR count). The summed E-state index contributed by atoms with van der Waals surface area (Å²) in [4.78, 5) is 13.8. The van der Waals surface area contributed by atoms with Crippen LogP contribution in [0.25, 0.3) is 0 Å². The molecule has 2 N–H and O–H groups in total. The van der Waals surface area contributed by atoms with Crippen molar-refractivity contribution in [3.8, 4) is 0 Å². The first-order valence-corrected chi connectivity index (χ1v) is 12.3. The molecule has 1 aliphatic rings. The van der Waals surface area contributed by atoms with Gasteiger partial charge in [0, 0.05) is 26.2 Å². The highest BCUT2D eigenvalue weighted by Gasteiger charge is 2.28. The van der Waals surface area contributed by atoms with Crippen LogP contribution in [0, 0.1) is 5.82 Å². The molecule has 1 fully saturated rings. The number of halogens is 1. The fourth-order valence-corrected chi connectivity index (χ4v) is 5.38. The minimum atomic E-state index is -4.02. The summed E-state index contributed by atoms with van der Waals surface area (Å²) in [6.07, 6.45) is 0.456. The quantitative estimate of drug-likeness (QED) is 0.648. The smallest absolute Gasteiger partial charge is 0.340 e. The van der Waals surface area contributed by atoms with Crippen molar-refractivity contribution >= 4 is 31.7 Å². The molecule has 1 heterocycles. The van der Waals surface area contributed by atoms with Crippen LogP contribution < -0.4 is 10.0 Å². The van der Waals surface area contributed by atoms with Crippen molar-refractivity contribution < 1.29 is 30.8 Å². The Kier molecular flexibility index (Phi) is 6.65. The number of rotatable bonds is 5. The largest absolute Gasteiger partial charge is 0.465 e. The number of benzene rings is 2. The number of primary sulfonamides is 1. The standard InChI is InChI=1S/C19H22FN3O6S2/c1-29-19(24)17-13-16(30(21,25)26)7-8-18(17)22-9-2-10-23(12-11-22)31(27,28)15-5-3-14(20)4-6-15/h3-8,13H,2,9-12H2,1H3,(H2,21,25,26). The molecule has 0 aliphatic carbocycles. The maximum atomic E-state index is 13.2. The lowest BCUT2D eigenvalue weighted by Gasteiger charge is -2.25. The molecule has 9 nitrogen and oxygen atoms in total. The van der Waals surface area contributed by atoms with E-state index in [-0.39, 0.29) is 35.0 Å². The Balaban J connectivity index is 1.88. The van der Waals surface area contributed by atoms with Gasteiger partial charge in [0.2, 0.25) is 20.0 Å². The fourth-order valence-electron chi connectivity index (χ4n) is 3.37. The number of nitrogens with zero attached hydrogens (tertiary/aromatic N) is 2. The van der Waals surface area contributed by atoms with Crippen LogP contribution in [0.15, 0.2) is 52.3 Å². The molecule has 0 bridgehead atoms. The van der Waals surface area contributed by atoms with Gasteiger partial charge in [-0.05, 0) is 48.9 Å². The first-order valence-electron chi connectivity index (χ1n) is 9.30. The minimum Gasteiger partial charge on any atom is -0.465 e. The maximum absolute atomic E-state index is 13.2. The van der Waals surface area contributed by atoms with Gasteiger partial charge < -0.3 is 9.64 Å². The van der Waals surface area contributed by atoms with Gasteiger partial charge in [-0.25, -0.2) is 31.2 Å². The number of ether oxygens (including phenoxy) is 1. The Morgan fingerprint density at radius 1 is 0.968 bits per heavy atom. The summed E-state index contributed by atoms with van der Waals surface area (Å²) in [6, 6.07) is 8.50. The first kappa shape index (κ1) is 23.1. The second-order valence-electron chi connectivity index (χ2n) is 6.91. The highest BCUT2D eigenvalue weighted by atomic mass is 32.2. The van der Waals surface area contributed by atoms with Gasteiger partial charge in [-0.15, -0.1) is 0 Å². The van der Waals surface area contributed by atoms with E-state index in [2.05, 4.69) is 0 Å². The van der Waals surface area contributed by atoms with Crippen LogP contribution in [0.2, 0.25) is 0 Å². The van der Waals surface area contributed by atoms with Crippen LogP contribution in [0.4, 0.5) is 10.1 Å². The molecule has 1 aliphatic heterocycles. The molecule has 12 heteroatoms. The van der Waals surface area contributed by atoms with E-state index < -0.39 is 31.8 Å². The lowest BCUT2D eigenvalue weighted by atomic mass is 10.1. The van der Waals surface area contributed by atoms with Crippen molar-refractivity contribution in [1.29, 1.82) is 0 Å². The zero-order valence-corrected chi connectivity index (χ0v) is 18.3. The van der Waals surface area contributed by atoms with Crippen molar-refractivity contribution in [2.45, 2.75) is 16.2 Å². The van der Waals surface area contributed by atoms with Gasteiger partial charge in [0.15, 0.2) is 0 Å². The third kappa shape index (κ3) is 5.03. The molecule has 0 atom stereocenters. The summed E-state index contributed by atoms with van der Waals surface area (Å²) < 4.78 is 68.4. The second-order valence-corrected chi connectivity index (χ2v) is 10.4. The van der Waals surface area contributed by atoms with Crippen molar-refractivity contribution in [2.75, 3.05) is 38.2 Å². The number of esters is 1. The van der Waals surface area contributed by atoms with Gasteiger partial charge in [0.05, 0.1) is 28.2 Å². The van der Waals surface area contributed by atoms with Crippen molar-refractivity contribution in [1.82, 2.24) is 4.31 Å². The van der Waals surface area contributed by atoms with E-state index >= 15 is 0 Å². The van der Waals surface area contributed by atoms with Crippen LogP contribution in [-0.2, 0) is 24.8 Å². The zero-order chi connectivity index (χ0) is 22.8. The topological polar surface area (TPSA) is 127 Å². The SMILES string of the molecule is COC(=O)c1cc(S(N)(=O)=O)ccc1N1CCCN(S(=O)(=O)c2ccc(F)cc2)CC1. The average molecular weight is 472 g/mol. The molecule has 0 spiro atoms. The third-order valence-corrected chi connectivity index (χ3v) is 7.77. The Labute approximate surface area is 180 Å². The molecule has 0 amide bonds. The van der Waals surface area contributed by atoms with Gasteiger partial charge >= 0.3 is 5.97 Å². The Morgan fingerprint density at radius 2 is 1.61 bits per heavy atom. The number of hydrogen-bond donors (Lipinski definition) is 1. The second kappa shape index (κ2) is 8.91. The van der Waals surface area contributed by atoms with Gasteiger partial charge in [0.25, 0.3) is 0 Å². The lowest BCUT2D eigenvalue weighted by Crippen LogP contribution is -2.35. The molecule has 168 valence electrons. The van der Waals surface area contributed by atoms with Crippen molar-refractivity contribution in [3.05, 3.63) is 53.8 Å². The number of sulfonamides is 2. The lowest BCUT2D eigenvalue weighted by molar-refractivity contribution is 0.0601. The summed E-state index contributed by atoms with van der Waals surface area (Å²) in [7, 11) is -6.66. The number of nitrogens with two attached hydrogens (primary N) is 1. The Hall–Kier alpha value is -2.54. The predicted octanol–water partition coefficient (Wildman–Crippen LogP) is 1.16. The molecule has 31 heavy (non-hydrogen) atoms. The number of methoxy groups -OCH3 is 1. The highest BCUT2D eigenvalue weighted by Crippen LogP contribution is 2.27. The van der Waals surface area contributed by atoms with Crippen LogP contribution in [0.5, 0.6) is 0 Å². The zero-order valence-electron chi connectivity index (χ0n) is 16.7. The highest BCUT2D eigenvalue weighted by molar-refractivity contribution is 7.89. The number of anilines is 1. The molecule has 2 aromatic rings. The van der Waals surface area contributed by atoms with Crippen LogP contribution in [0.1, 0.15) is 16.8 Å². The molecule has 0 radical (unpaired) electrons. The van der Waals surface area contributed by atoms with E-state index in [9.17, 15) is 26.0 Å². The number of hydrogen-bond acceptors (Lipinski definition) is 7. The van der Waals surface area contributed by atoms with E-state index in [0.29, 0.717) is 18.7 Å². The van der Waals surface area contributed by atoms with Gasteiger partial charge in [-0.1, -0.05) is 0 Å². The van der Waals surface area contributed by atoms with E-state index in [1.807, 2.05) is 0 Å². The van der Waals surface area contributed by atoms with Crippen LogP contribution in [-0.4, -0.2) is 60.4 Å². The Morgan fingerprint density at radius 3 is 2.23 bits per heavy atom. The normalized spacial score (nSPS) is 16.0. The van der Waals surface area contributed by atoms with Crippen molar-refractivity contribution in [2.24, 2.45) is 5.14 Å². The summed E-state index contributed by atoms with van der Waals surface area (Å²) >= 11 is 0. The first-order chi connectivity index (χ1) is 14.5. The maximum Gasteiger partial charge on any atom is 0.340 e. The molecule has 0 unspecified atom stereocenters. The van der Waals surface area contributed by atoms with Gasteiger partial charge in [0.1, 0.15) is 5.82 Å². The summed E-state index contributed by atoms with van der Waals surface area (Å²) in [6.45, 7) is 1.03. The number of carbonyl (C=O) groups is 1. The van der Waals surface area contributed by atoms with E-state index in [1.165, 1.54) is 35.7 Å². The fraction of sp³-hybridized carbons (Fsp3) is 0.316. The molecular formula is C19H22FN3O6S2.